The maximum Gasteiger partial charge on any atom is 0.163 e. The van der Waals surface area contributed by atoms with Crippen molar-refractivity contribution in [2.45, 2.75) is 18.8 Å². The summed E-state index contributed by atoms with van der Waals surface area (Å²) in [5.41, 5.74) is 3.12. The number of aromatic hydroxyl groups is 1. The van der Waals surface area contributed by atoms with E-state index in [9.17, 15) is 9.90 Å². The third kappa shape index (κ3) is 1.90. The van der Waals surface area contributed by atoms with Crippen molar-refractivity contribution in [2.75, 3.05) is 0 Å². The Hall–Kier alpha value is -2.09. The zero-order chi connectivity index (χ0) is 12.5. The van der Waals surface area contributed by atoms with Gasteiger partial charge in [-0.3, -0.25) is 4.79 Å². The summed E-state index contributed by atoms with van der Waals surface area (Å²) in [4.78, 5) is 12.1. The van der Waals surface area contributed by atoms with Crippen molar-refractivity contribution in [1.82, 2.24) is 0 Å². The van der Waals surface area contributed by atoms with E-state index in [0.717, 1.165) is 23.1 Å². The number of Topliss-reactive ketones (excluding diaryl/α,β-unsaturated/α-hetero) is 1. The van der Waals surface area contributed by atoms with E-state index in [4.69, 9.17) is 0 Å². The topological polar surface area (TPSA) is 37.3 Å². The zero-order valence-corrected chi connectivity index (χ0v) is 9.97. The molecule has 2 heteroatoms. The number of phenols is 1. The van der Waals surface area contributed by atoms with Gasteiger partial charge < -0.3 is 5.11 Å². The largest absolute Gasteiger partial charge is 0.508 e. The number of benzene rings is 2. The normalized spacial score (nSPS) is 18.4. The van der Waals surface area contributed by atoms with Gasteiger partial charge in [-0.15, -0.1) is 0 Å². The van der Waals surface area contributed by atoms with Crippen LogP contribution in [0.25, 0.3) is 0 Å². The maximum absolute atomic E-state index is 12.1. The Morgan fingerprint density at radius 3 is 2.44 bits per heavy atom. The molecule has 0 aliphatic heterocycles. The van der Waals surface area contributed by atoms with Crippen LogP contribution in [0, 0.1) is 0 Å². The highest BCUT2D eigenvalue weighted by molar-refractivity contribution is 5.99. The van der Waals surface area contributed by atoms with Crippen LogP contribution in [0.2, 0.25) is 0 Å². The smallest absolute Gasteiger partial charge is 0.163 e. The molecule has 0 radical (unpaired) electrons. The standard InChI is InChI=1S/C16H14O2/c17-14-7-5-11(6-8-14)13-9-12-3-1-2-4-15(12)16(18)10-13/h1-8,13,17H,9-10H2. The number of phenolic OH excluding ortho intramolecular Hbond substituents is 1. The van der Waals surface area contributed by atoms with Crippen molar-refractivity contribution < 1.29 is 9.90 Å². The fourth-order valence-electron chi connectivity index (χ4n) is 2.62. The van der Waals surface area contributed by atoms with Crippen molar-refractivity contribution in [3.05, 3.63) is 65.2 Å². The van der Waals surface area contributed by atoms with Gasteiger partial charge in [0.15, 0.2) is 5.78 Å². The first-order valence-electron chi connectivity index (χ1n) is 6.14. The lowest BCUT2D eigenvalue weighted by molar-refractivity contribution is 0.0964. The van der Waals surface area contributed by atoms with Gasteiger partial charge in [0.05, 0.1) is 0 Å². The molecule has 1 aliphatic carbocycles. The van der Waals surface area contributed by atoms with Crippen molar-refractivity contribution in [2.24, 2.45) is 0 Å². The molecule has 0 saturated carbocycles. The van der Waals surface area contributed by atoms with Gasteiger partial charge in [-0.05, 0) is 35.6 Å². The molecule has 0 spiro atoms. The van der Waals surface area contributed by atoms with E-state index in [1.54, 1.807) is 12.1 Å². The van der Waals surface area contributed by atoms with Crippen molar-refractivity contribution in [3.63, 3.8) is 0 Å². The number of hydrogen-bond donors (Lipinski definition) is 1. The molecule has 0 bridgehead atoms. The average Bonchev–Trinajstić information content (AvgIpc) is 2.39. The molecule has 0 aromatic heterocycles. The predicted molar refractivity (Wildman–Crippen MR) is 69.9 cm³/mol. The van der Waals surface area contributed by atoms with Crippen LogP contribution in [-0.4, -0.2) is 10.9 Å². The molecule has 90 valence electrons. The monoisotopic (exact) mass is 238 g/mol. The summed E-state index contributed by atoms with van der Waals surface area (Å²) >= 11 is 0. The fourth-order valence-corrected chi connectivity index (χ4v) is 2.62. The van der Waals surface area contributed by atoms with E-state index < -0.39 is 0 Å². The molecule has 0 fully saturated rings. The van der Waals surface area contributed by atoms with E-state index >= 15 is 0 Å². The molecule has 2 nitrogen and oxygen atoms in total. The van der Waals surface area contributed by atoms with Gasteiger partial charge in [0.25, 0.3) is 0 Å². The highest BCUT2D eigenvalue weighted by Gasteiger charge is 2.25. The Morgan fingerprint density at radius 1 is 0.944 bits per heavy atom. The van der Waals surface area contributed by atoms with Crippen LogP contribution < -0.4 is 0 Å². The van der Waals surface area contributed by atoms with Crippen LogP contribution in [0.15, 0.2) is 48.5 Å². The molecule has 1 N–H and O–H groups in total. The summed E-state index contributed by atoms with van der Waals surface area (Å²) in [5, 5.41) is 9.30. The van der Waals surface area contributed by atoms with E-state index in [1.807, 2.05) is 36.4 Å². The fraction of sp³-hybridized carbons (Fsp3) is 0.188. The summed E-state index contributed by atoms with van der Waals surface area (Å²) in [6, 6.07) is 15.0. The highest BCUT2D eigenvalue weighted by atomic mass is 16.3. The number of fused-ring (bicyclic) bond motifs is 1. The molecule has 0 heterocycles. The van der Waals surface area contributed by atoms with Crippen LogP contribution in [0.4, 0.5) is 0 Å². The molecule has 2 aromatic rings. The van der Waals surface area contributed by atoms with E-state index in [-0.39, 0.29) is 17.5 Å². The Morgan fingerprint density at radius 2 is 1.67 bits per heavy atom. The minimum absolute atomic E-state index is 0.218. The second-order valence-corrected chi connectivity index (χ2v) is 4.78. The van der Waals surface area contributed by atoms with E-state index in [2.05, 4.69) is 0 Å². The first kappa shape index (κ1) is 11.0. The summed E-state index contributed by atoms with van der Waals surface area (Å²) in [5.74, 6) is 0.712. The van der Waals surface area contributed by atoms with Gasteiger partial charge in [0.1, 0.15) is 5.75 Å². The third-order valence-corrected chi connectivity index (χ3v) is 3.58. The van der Waals surface area contributed by atoms with Crippen molar-refractivity contribution in [1.29, 1.82) is 0 Å². The molecule has 1 atom stereocenters. The minimum atomic E-state index is 0.218. The molecular weight excluding hydrogens is 224 g/mol. The second kappa shape index (κ2) is 4.30. The number of carbonyl (C=O) groups is 1. The van der Waals surface area contributed by atoms with Gasteiger partial charge in [0.2, 0.25) is 0 Å². The molecule has 3 rings (SSSR count). The lowest BCUT2D eigenvalue weighted by atomic mass is 9.79. The molecule has 0 amide bonds. The third-order valence-electron chi connectivity index (χ3n) is 3.58. The minimum Gasteiger partial charge on any atom is -0.508 e. The quantitative estimate of drug-likeness (QED) is 0.827. The second-order valence-electron chi connectivity index (χ2n) is 4.78. The van der Waals surface area contributed by atoms with Crippen LogP contribution in [0.3, 0.4) is 0 Å². The van der Waals surface area contributed by atoms with Gasteiger partial charge in [-0.1, -0.05) is 36.4 Å². The first-order valence-corrected chi connectivity index (χ1v) is 6.14. The molecular formula is C16H14O2. The van der Waals surface area contributed by atoms with Gasteiger partial charge in [0, 0.05) is 12.0 Å². The zero-order valence-electron chi connectivity index (χ0n) is 9.97. The molecule has 1 unspecified atom stereocenters. The van der Waals surface area contributed by atoms with Gasteiger partial charge in [-0.25, -0.2) is 0 Å². The summed E-state index contributed by atoms with van der Waals surface area (Å²) in [6.45, 7) is 0. The number of carbonyl (C=O) groups excluding carboxylic acids is 1. The summed E-state index contributed by atoms with van der Waals surface area (Å²) in [7, 11) is 0. The Kier molecular flexibility index (Phi) is 2.63. The SMILES string of the molecule is O=C1CC(c2ccc(O)cc2)Cc2ccccc21. The lowest BCUT2D eigenvalue weighted by Crippen LogP contribution is -2.18. The van der Waals surface area contributed by atoms with Crippen molar-refractivity contribution >= 4 is 5.78 Å². The summed E-state index contributed by atoms with van der Waals surface area (Å²) in [6.07, 6.45) is 1.45. The predicted octanol–water partition coefficient (Wildman–Crippen LogP) is 3.30. The maximum atomic E-state index is 12.1. The van der Waals surface area contributed by atoms with Crippen molar-refractivity contribution in [3.8, 4) is 5.75 Å². The van der Waals surface area contributed by atoms with Crippen LogP contribution in [-0.2, 0) is 6.42 Å². The highest BCUT2D eigenvalue weighted by Crippen LogP contribution is 2.33. The van der Waals surface area contributed by atoms with E-state index in [1.165, 1.54) is 0 Å². The van der Waals surface area contributed by atoms with Crippen LogP contribution >= 0.6 is 0 Å². The molecule has 0 saturated heterocycles. The van der Waals surface area contributed by atoms with Gasteiger partial charge >= 0.3 is 0 Å². The molecule has 1 aliphatic rings. The lowest BCUT2D eigenvalue weighted by Gasteiger charge is -2.23. The number of hydrogen-bond acceptors (Lipinski definition) is 2. The number of ketones is 1. The Bertz CT molecular complexity index is 584. The summed E-state index contributed by atoms with van der Waals surface area (Å²) < 4.78 is 0. The molecule has 18 heavy (non-hydrogen) atoms. The molecule has 2 aromatic carbocycles. The van der Waals surface area contributed by atoms with E-state index in [0.29, 0.717) is 6.42 Å². The van der Waals surface area contributed by atoms with Crippen LogP contribution in [0.5, 0.6) is 5.75 Å². The van der Waals surface area contributed by atoms with Gasteiger partial charge in [-0.2, -0.15) is 0 Å². The first-order chi connectivity index (χ1) is 8.74. The Labute approximate surface area is 106 Å². The average molecular weight is 238 g/mol. The Balaban J connectivity index is 1.94. The number of rotatable bonds is 1. The van der Waals surface area contributed by atoms with Crippen LogP contribution in [0.1, 0.15) is 33.8 Å².